The van der Waals surface area contributed by atoms with Crippen LogP contribution in [0.25, 0.3) is 0 Å². The second-order valence-corrected chi connectivity index (χ2v) is 4.90. The van der Waals surface area contributed by atoms with E-state index in [2.05, 4.69) is 29.8 Å². The molecule has 14 heavy (non-hydrogen) atoms. The van der Waals surface area contributed by atoms with Gasteiger partial charge < -0.3 is 5.11 Å². The zero-order valence-corrected chi connectivity index (χ0v) is 9.99. The molecular formula is C11H15BrO2. The average molecular weight is 259 g/mol. The summed E-state index contributed by atoms with van der Waals surface area (Å²) in [5.41, 5.74) is 0.843. The van der Waals surface area contributed by atoms with Gasteiger partial charge in [-0.25, -0.2) is 0 Å². The fraction of sp³-hybridized carbons (Fsp3) is 0.364. The van der Waals surface area contributed by atoms with Crippen LogP contribution in [0.1, 0.15) is 19.4 Å². The summed E-state index contributed by atoms with van der Waals surface area (Å²) in [5, 5.41) is 8.37. The van der Waals surface area contributed by atoms with Crippen LogP contribution in [0.4, 0.5) is 0 Å². The van der Waals surface area contributed by atoms with E-state index in [1.54, 1.807) is 12.1 Å². The predicted molar refractivity (Wildman–Crippen MR) is 61.8 cm³/mol. The minimum absolute atomic E-state index is 0.112. The van der Waals surface area contributed by atoms with E-state index in [0.717, 1.165) is 5.56 Å². The van der Waals surface area contributed by atoms with Gasteiger partial charge in [-0.1, -0.05) is 60.1 Å². The second-order valence-electron chi connectivity index (χ2n) is 3.07. The molecule has 0 spiro atoms. The average Bonchev–Trinajstić information content (AvgIpc) is 2.03. The molecule has 0 unspecified atom stereocenters. The van der Waals surface area contributed by atoms with Crippen molar-refractivity contribution in [2.75, 3.05) is 0 Å². The lowest BCUT2D eigenvalue weighted by Crippen LogP contribution is -1.98. The highest BCUT2D eigenvalue weighted by molar-refractivity contribution is 9.09. The molecule has 0 saturated heterocycles. The molecule has 0 radical (unpaired) electrons. The normalized spacial score (nSPS) is 9.14. The van der Waals surface area contributed by atoms with Crippen LogP contribution < -0.4 is 0 Å². The first-order chi connectivity index (χ1) is 6.52. The Morgan fingerprint density at radius 2 is 1.79 bits per heavy atom. The summed E-state index contributed by atoms with van der Waals surface area (Å²) in [6.45, 7) is 4.17. The zero-order valence-electron chi connectivity index (χ0n) is 8.40. The molecule has 1 rings (SSSR count). The van der Waals surface area contributed by atoms with Gasteiger partial charge >= 0.3 is 5.97 Å². The molecule has 1 aromatic rings. The van der Waals surface area contributed by atoms with Crippen molar-refractivity contribution in [3.8, 4) is 0 Å². The Hall–Kier alpha value is -0.830. The van der Waals surface area contributed by atoms with E-state index in [-0.39, 0.29) is 6.42 Å². The summed E-state index contributed by atoms with van der Waals surface area (Å²) in [6.07, 6.45) is 0.112. The van der Waals surface area contributed by atoms with Crippen molar-refractivity contribution in [2.45, 2.75) is 25.1 Å². The number of aliphatic carboxylic acids is 1. The summed E-state index contributed by atoms with van der Waals surface area (Å²) in [7, 11) is 0. The number of carbonyl (C=O) groups is 1. The van der Waals surface area contributed by atoms with Crippen LogP contribution in [0.15, 0.2) is 30.3 Å². The van der Waals surface area contributed by atoms with Crippen molar-refractivity contribution in [1.82, 2.24) is 0 Å². The first-order valence-corrected chi connectivity index (χ1v) is 5.33. The number of hydrogen-bond acceptors (Lipinski definition) is 1. The van der Waals surface area contributed by atoms with Crippen LogP contribution in [-0.4, -0.2) is 15.9 Å². The van der Waals surface area contributed by atoms with Crippen LogP contribution in [0.3, 0.4) is 0 Å². The molecule has 3 heteroatoms. The van der Waals surface area contributed by atoms with Crippen molar-refractivity contribution in [1.29, 1.82) is 0 Å². The van der Waals surface area contributed by atoms with Crippen LogP contribution in [0, 0.1) is 0 Å². The monoisotopic (exact) mass is 258 g/mol. The summed E-state index contributed by atoms with van der Waals surface area (Å²) in [6, 6.07) is 9.13. The quantitative estimate of drug-likeness (QED) is 0.828. The zero-order chi connectivity index (χ0) is 11.0. The maximum absolute atomic E-state index is 10.2. The topological polar surface area (TPSA) is 37.3 Å². The number of rotatable bonds is 2. The summed E-state index contributed by atoms with van der Waals surface area (Å²) < 4.78 is 0. The summed E-state index contributed by atoms with van der Waals surface area (Å²) >= 11 is 3.27. The van der Waals surface area contributed by atoms with Gasteiger partial charge in [-0.2, -0.15) is 0 Å². The molecule has 0 atom stereocenters. The smallest absolute Gasteiger partial charge is 0.307 e. The number of halogens is 1. The highest BCUT2D eigenvalue weighted by Gasteiger charge is 1.96. The number of benzene rings is 1. The lowest BCUT2D eigenvalue weighted by atomic mass is 10.2. The van der Waals surface area contributed by atoms with Crippen molar-refractivity contribution in [3.05, 3.63) is 35.9 Å². The van der Waals surface area contributed by atoms with Gasteiger partial charge in [0.15, 0.2) is 0 Å². The summed E-state index contributed by atoms with van der Waals surface area (Å²) in [5.74, 6) is -0.786. The van der Waals surface area contributed by atoms with Gasteiger partial charge in [0.1, 0.15) is 0 Å². The highest BCUT2D eigenvalue weighted by atomic mass is 79.9. The Bertz CT molecular complexity index is 254. The maximum atomic E-state index is 10.2. The number of alkyl halides is 1. The molecule has 0 aromatic heterocycles. The minimum Gasteiger partial charge on any atom is -0.481 e. The minimum atomic E-state index is -0.786. The predicted octanol–water partition coefficient (Wildman–Crippen LogP) is 3.10. The van der Waals surface area contributed by atoms with E-state index >= 15 is 0 Å². The van der Waals surface area contributed by atoms with E-state index in [9.17, 15) is 4.79 Å². The highest BCUT2D eigenvalue weighted by Crippen LogP contribution is 1.98. The van der Waals surface area contributed by atoms with Crippen molar-refractivity contribution in [3.63, 3.8) is 0 Å². The van der Waals surface area contributed by atoms with E-state index in [1.165, 1.54) is 0 Å². The third kappa shape index (κ3) is 9.26. The van der Waals surface area contributed by atoms with Gasteiger partial charge in [0.25, 0.3) is 0 Å². The fourth-order valence-corrected chi connectivity index (χ4v) is 0.770. The number of carboxylic acids is 1. The van der Waals surface area contributed by atoms with Gasteiger partial charge in [-0.3, -0.25) is 4.79 Å². The van der Waals surface area contributed by atoms with E-state index in [4.69, 9.17) is 5.11 Å². The molecule has 2 nitrogen and oxygen atoms in total. The lowest BCUT2D eigenvalue weighted by molar-refractivity contribution is -0.136. The Morgan fingerprint density at radius 3 is 2.14 bits per heavy atom. The lowest BCUT2D eigenvalue weighted by Gasteiger charge is -1.92. The van der Waals surface area contributed by atoms with Gasteiger partial charge in [-0.15, -0.1) is 0 Å². The van der Waals surface area contributed by atoms with Gasteiger partial charge in [0.05, 0.1) is 6.42 Å². The summed E-state index contributed by atoms with van der Waals surface area (Å²) in [4.78, 5) is 10.8. The Kier molecular flexibility index (Phi) is 7.11. The second kappa shape index (κ2) is 7.56. The van der Waals surface area contributed by atoms with Crippen LogP contribution in [-0.2, 0) is 11.2 Å². The molecule has 78 valence electrons. The standard InChI is InChI=1S/C8H8O2.C3H7Br/c9-8(10)6-7-4-2-1-3-5-7;1-3(2)4/h1-5H,6H2,(H,9,10);3H,1-2H3. The number of carboxylic acid groups (broad SMARTS) is 1. The maximum Gasteiger partial charge on any atom is 0.307 e. The van der Waals surface area contributed by atoms with Crippen LogP contribution in [0.5, 0.6) is 0 Å². The van der Waals surface area contributed by atoms with Crippen LogP contribution in [0.2, 0.25) is 0 Å². The largest absolute Gasteiger partial charge is 0.481 e. The van der Waals surface area contributed by atoms with E-state index < -0.39 is 5.97 Å². The molecule has 0 saturated carbocycles. The fourth-order valence-electron chi connectivity index (χ4n) is 0.770. The number of hydrogen-bond donors (Lipinski definition) is 1. The molecule has 0 bridgehead atoms. The Balaban J connectivity index is 0.000000364. The Labute approximate surface area is 93.1 Å². The third-order valence-electron chi connectivity index (χ3n) is 1.20. The molecule has 0 heterocycles. The van der Waals surface area contributed by atoms with Gasteiger partial charge in [0, 0.05) is 4.83 Å². The van der Waals surface area contributed by atoms with Gasteiger partial charge in [-0.05, 0) is 5.56 Å². The first-order valence-electron chi connectivity index (χ1n) is 4.42. The van der Waals surface area contributed by atoms with Crippen molar-refractivity contribution >= 4 is 21.9 Å². The molecular weight excluding hydrogens is 244 g/mol. The first kappa shape index (κ1) is 13.2. The molecule has 0 aliphatic heterocycles. The van der Waals surface area contributed by atoms with Crippen molar-refractivity contribution in [2.24, 2.45) is 0 Å². The van der Waals surface area contributed by atoms with Crippen LogP contribution >= 0.6 is 15.9 Å². The molecule has 0 aliphatic carbocycles. The van der Waals surface area contributed by atoms with E-state index in [1.807, 2.05) is 18.2 Å². The molecule has 0 amide bonds. The SMILES string of the molecule is CC(C)Br.O=C(O)Cc1ccccc1. The molecule has 0 aliphatic rings. The molecule has 1 aromatic carbocycles. The Morgan fingerprint density at radius 1 is 1.36 bits per heavy atom. The van der Waals surface area contributed by atoms with E-state index in [0.29, 0.717) is 4.83 Å². The molecule has 0 fully saturated rings. The molecule has 1 N–H and O–H groups in total. The third-order valence-corrected chi connectivity index (χ3v) is 1.20. The van der Waals surface area contributed by atoms with Gasteiger partial charge in [0.2, 0.25) is 0 Å². The van der Waals surface area contributed by atoms with Crippen molar-refractivity contribution < 1.29 is 9.90 Å².